The number of nitrogens with zero attached hydrogens (tertiary/aromatic N) is 3. The molecule has 0 radical (unpaired) electrons. The molecule has 2 heterocycles. The molecule has 2 aromatic carbocycles. The molecule has 132 valence electrons. The summed E-state index contributed by atoms with van der Waals surface area (Å²) in [4.78, 5) is 23.5. The van der Waals surface area contributed by atoms with E-state index in [0.717, 1.165) is 26.5 Å². The minimum atomic E-state index is 0.0329. The normalized spacial score (nSPS) is 21.0. The van der Waals surface area contributed by atoms with E-state index in [4.69, 9.17) is 4.99 Å². The van der Waals surface area contributed by atoms with Crippen LogP contribution in [0.2, 0.25) is 0 Å². The lowest BCUT2D eigenvalue weighted by Gasteiger charge is -2.15. The molecule has 0 saturated carbocycles. The zero-order valence-corrected chi connectivity index (χ0v) is 16.5. The molecule has 0 N–H and O–H groups in total. The molecular weight excluding hydrogens is 362 g/mol. The fourth-order valence-electron chi connectivity index (χ4n) is 2.93. The van der Waals surface area contributed by atoms with Crippen molar-refractivity contribution in [1.29, 1.82) is 0 Å². The van der Waals surface area contributed by atoms with Crippen LogP contribution in [-0.4, -0.2) is 29.6 Å². The highest BCUT2D eigenvalue weighted by Gasteiger charge is 2.38. The Labute approximate surface area is 162 Å². The first-order valence-electron chi connectivity index (χ1n) is 8.48. The molecule has 2 aromatic rings. The van der Waals surface area contributed by atoms with Crippen molar-refractivity contribution in [2.75, 3.05) is 18.5 Å². The largest absolute Gasteiger partial charge is 0.337 e. The lowest BCUT2D eigenvalue weighted by molar-refractivity contribution is -0.122. The van der Waals surface area contributed by atoms with Gasteiger partial charge in [-0.1, -0.05) is 41.6 Å². The van der Waals surface area contributed by atoms with Gasteiger partial charge in [0, 0.05) is 18.5 Å². The number of carbonyl (C=O) groups is 1. The van der Waals surface area contributed by atoms with Gasteiger partial charge in [0.15, 0.2) is 5.17 Å². The van der Waals surface area contributed by atoms with Crippen LogP contribution in [-0.2, 0) is 4.79 Å². The summed E-state index contributed by atoms with van der Waals surface area (Å²) in [5, 5.41) is 1.72. The maximum atomic E-state index is 13.0. The van der Waals surface area contributed by atoms with Gasteiger partial charge in [0.05, 0.1) is 16.4 Å². The van der Waals surface area contributed by atoms with Gasteiger partial charge >= 0.3 is 0 Å². The summed E-state index contributed by atoms with van der Waals surface area (Å²) < 4.78 is 0. The first kappa shape index (κ1) is 17.2. The van der Waals surface area contributed by atoms with Crippen molar-refractivity contribution in [2.24, 2.45) is 4.99 Å². The highest BCUT2D eigenvalue weighted by Crippen LogP contribution is 2.49. The molecule has 0 unspecified atom stereocenters. The third kappa shape index (κ3) is 2.93. The number of rotatable bonds is 2. The number of fused-ring (bicyclic) bond motifs is 1. The predicted octanol–water partition coefficient (Wildman–Crippen LogP) is 4.99. The second-order valence-corrected chi connectivity index (χ2v) is 8.15. The van der Waals surface area contributed by atoms with Crippen LogP contribution in [0.25, 0.3) is 0 Å². The SMILES string of the molecule is CCN1C(=O)/C(=C2/Sc3ccccc3N2C)SC1=Nc1ccc(C)cc1. The molecule has 0 atom stereocenters. The second-order valence-electron chi connectivity index (χ2n) is 6.14. The van der Waals surface area contributed by atoms with Crippen molar-refractivity contribution in [3.63, 3.8) is 0 Å². The van der Waals surface area contributed by atoms with Crippen molar-refractivity contribution >= 4 is 46.0 Å². The summed E-state index contributed by atoms with van der Waals surface area (Å²) in [6.07, 6.45) is 0. The zero-order chi connectivity index (χ0) is 18.3. The van der Waals surface area contributed by atoms with Crippen molar-refractivity contribution < 1.29 is 4.79 Å². The summed E-state index contributed by atoms with van der Waals surface area (Å²) in [5.41, 5.74) is 3.20. The number of benzene rings is 2. The fourth-order valence-corrected chi connectivity index (χ4v) is 5.33. The summed E-state index contributed by atoms with van der Waals surface area (Å²) in [5.74, 6) is 0.0329. The van der Waals surface area contributed by atoms with E-state index in [2.05, 4.69) is 24.0 Å². The van der Waals surface area contributed by atoms with E-state index in [9.17, 15) is 4.79 Å². The summed E-state index contributed by atoms with van der Waals surface area (Å²) in [7, 11) is 2.01. The first-order valence-corrected chi connectivity index (χ1v) is 10.1. The number of aryl methyl sites for hydroxylation is 1. The topological polar surface area (TPSA) is 35.9 Å². The Hall–Kier alpha value is -2.18. The van der Waals surface area contributed by atoms with Gasteiger partial charge in [-0.05, 0) is 49.9 Å². The molecule has 0 aromatic heterocycles. The number of hydrogen-bond donors (Lipinski definition) is 0. The minimum Gasteiger partial charge on any atom is -0.337 e. The molecule has 0 aliphatic carbocycles. The van der Waals surface area contributed by atoms with Gasteiger partial charge < -0.3 is 4.90 Å². The summed E-state index contributed by atoms with van der Waals surface area (Å²) in [6.45, 7) is 4.64. The van der Waals surface area contributed by atoms with Crippen LogP contribution in [0.15, 0.2) is 68.4 Å². The fraction of sp³-hybridized carbons (Fsp3) is 0.200. The average Bonchev–Trinajstić information content (AvgIpc) is 3.14. The van der Waals surface area contributed by atoms with Crippen molar-refractivity contribution in [2.45, 2.75) is 18.7 Å². The van der Waals surface area contributed by atoms with Crippen molar-refractivity contribution in [3.8, 4) is 0 Å². The molecular formula is C20H19N3OS2. The lowest BCUT2D eigenvalue weighted by Crippen LogP contribution is -2.29. The van der Waals surface area contributed by atoms with Crippen molar-refractivity contribution in [3.05, 3.63) is 64.0 Å². The van der Waals surface area contributed by atoms with Crippen LogP contribution in [0.1, 0.15) is 12.5 Å². The van der Waals surface area contributed by atoms with E-state index < -0.39 is 0 Å². The maximum Gasteiger partial charge on any atom is 0.269 e. The van der Waals surface area contributed by atoms with Crippen LogP contribution in [0.5, 0.6) is 0 Å². The van der Waals surface area contributed by atoms with E-state index in [1.165, 1.54) is 22.2 Å². The maximum absolute atomic E-state index is 13.0. The van der Waals surface area contributed by atoms with E-state index >= 15 is 0 Å². The standard InChI is InChI=1S/C20H19N3OS2/c1-4-23-18(24)17(19-22(3)15-7-5-6-8-16(15)25-19)26-20(23)21-14-11-9-13(2)10-12-14/h5-12H,4H2,1-3H3/b19-17-,21-20?. The first-order chi connectivity index (χ1) is 12.6. The van der Waals surface area contributed by atoms with Crippen LogP contribution < -0.4 is 4.90 Å². The molecule has 2 aliphatic heterocycles. The smallest absolute Gasteiger partial charge is 0.269 e. The van der Waals surface area contributed by atoms with Crippen LogP contribution in [0.3, 0.4) is 0 Å². The average molecular weight is 382 g/mol. The molecule has 4 rings (SSSR count). The highest BCUT2D eigenvalue weighted by atomic mass is 32.2. The van der Waals surface area contributed by atoms with Crippen molar-refractivity contribution in [1.82, 2.24) is 4.90 Å². The number of aliphatic imine (C=N–C) groups is 1. The number of para-hydroxylation sites is 1. The summed E-state index contributed by atoms with van der Waals surface area (Å²) >= 11 is 3.12. The predicted molar refractivity (Wildman–Crippen MR) is 111 cm³/mol. The Morgan fingerprint density at radius 3 is 2.46 bits per heavy atom. The van der Waals surface area contributed by atoms with Crippen LogP contribution in [0, 0.1) is 6.92 Å². The van der Waals surface area contributed by atoms with Gasteiger partial charge in [-0.2, -0.15) is 0 Å². The minimum absolute atomic E-state index is 0.0329. The molecule has 0 spiro atoms. The van der Waals surface area contributed by atoms with Gasteiger partial charge in [-0.25, -0.2) is 4.99 Å². The zero-order valence-electron chi connectivity index (χ0n) is 14.9. The van der Waals surface area contributed by atoms with E-state index in [1.54, 1.807) is 16.7 Å². The molecule has 1 fully saturated rings. The van der Waals surface area contributed by atoms with Gasteiger partial charge in [-0.3, -0.25) is 9.69 Å². The Balaban J connectivity index is 1.72. The van der Waals surface area contributed by atoms with E-state index in [-0.39, 0.29) is 5.91 Å². The molecule has 26 heavy (non-hydrogen) atoms. The molecule has 1 saturated heterocycles. The number of amides is 1. The summed E-state index contributed by atoms with van der Waals surface area (Å²) in [6, 6.07) is 16.3. The quantitative estimate of drug-likeness (QED) is 0.687. The van der Waals surface area contributed by atoms with Gasteiger partial charge in [-0.15, -0.1) is 0 Å². The van der Waals surface area contributed by atoms with Crippen LogP contribution in [0.4, 0.5) is 11.4 Å². The number of anilines is 1. The monoisotopic (exact) mass is 381 g/mol. The number of amidine groups is 1. The van der Waals surface area contributed by atoms with Gasteiger partial charge in [0.25, 0.3) is 5.91 Å². The van der Waals surface area contributed by atoms with Crippen LogP contribution >= 0.6 is 23.5 Å². The number of likely N-dealkylation sites (N-methyl/N-ethyl adjacent to an activating group) is 1. The number of hydrogen-bond acceptors (Lipinski definition) is 5. The lowest BCUT2D eigenvalue weighted by atomic mass is 10.2. The molecule has 1 amide bonds. The third-order valence-corrected chi connectivity index (χ3v) is 6.80. The second kappa shape index (κ2) is 6.85. The van der Waals surface area contributed by atoms with E-state index in [1.807, 2.05) is 50.4 Å². The van der Waals surface area contributed by atoms with Gasteiger partial charge in [0.1, 0.15) is 4.91 Å². The number of carbonyl (C=O) groups excluding carboxylic acids is 1. The third-order valence-electron chi connectivity index (χ3n) is 4.37. The Kier molecular flexibility index (Phi) is 4.54. The molecule has 0 bridgehead atoms. The number of thioether (sulfide) groups is 2. The molecule has 2 aliphatic rings. The van der Waals surface area contributed by atoms with E-state index in [0.29, 0.717) is 6.54 Å². The Morgan fingerprint density at radius 1 is 1.04 bits per heavy atom. The molecule has 6 heteroatoms. The molecule has 4 nitrogen and oxygen atoms in total. The highest BCUT2D eigenvalue weighted by molar-refractivity contribution is 8.19. The Bertz CT molecular complexity index is 934. The Morgan fingerprint density at radius 2 is 1.77 bits per heavy atom. The van der Waals surface area contributed by atoms with Gasteiger partial charge in [0.2, 0.25) is 0 Å².